The van der Waals surface area contributed by atoms with Gasteiger partial charge in [-0.2, -0.15) is 5.10 Å². The Kier molecular flexibility index (Phi) is 3.57. The Labute approximate surface area is 153 Å². The number of H-pyrrole nitrogens is 1. The number of fused-ring (bicyclic) bond motifs is 1. The zero-order valence-electron chi connectivity index (χ0n) is 13.7. The maximum Gasteiger partial charge on any atom is 0.177 e. The van der Waals surface area contributed by atoms with Gasteiger partial charge in [0, 0.05) is 24.2 Å². The quantitative estimate of drug-likeness (QED) is 0.527. The van der Waals surface area contributed by atoms with E-state index in [4.69, 9.17) is 4.98 Å². The van der Waals surface area contributed by atoms with E-state index in [2.05, 4.69) is 32.2 Å². The largest absolute Gasteiger partial charge is 0.335 e. The fraction of sp³-hybridized carbons (Fsp3) is 0.0526. The van der Waals surface area contributed by atoms with Crippen LogP contribution in [0, 0.1) is 0 Å². The van der Waals surface area contributed by atoms with Crippen molar-refractivity contribution >= 4 is 22.5 Å². The lowest BCUT2D eigenvalue weighted by Gasteiger charge is -2.00. The second-order valence-corrected chi connectivity index (χ2v) is 6.91. The first-order valence-electron chi connectivity index (χ1n) is 8.19. The molecule has 1 N–H and O–H groups in total. The van der Waals surface area contributed by atoms with Crippen LogP contribution < -0.4 is 0 Å². The highest BCUT2D eigenvalue weighted by atomic mass is 32.1. The molecule has 0 radical (unpaired) electrons. The average molecular weight is 358 g/mol. The van der Waals surface area contributed by atoms with Crippen LogP contribution in [0.5, 0.6) is 0 Å². The Hall–Kier alpha value is -3.32. The van der Waals surface area contributed by atoms with Crippen molar-refractivity contribution in [1.82, 2.24) is 29.7 Å². The number of aromatic nitrogens is 6. The van der Waals surface area contributed by atoms with Crippen LogP contribution in [0.25, 0.3) is 32.4 Å². The first-order valence-corrected chi connectivity index (χ1v) is 9.00. The molecule has 4 heterocycles. The number of pyridine rings is 1. The second-order valence-electron chi connectivity index (χ2n) is 5.88. The van der Waals surface area contributed by atoms with E-state index in [1.54, 1.807) is 23.7 Å². The monoisotopic (exact) mass is 358 g/mol. The van der Waals surface area contributed by atoms with E-state index >= 15 is 0 Å². The predicted molar refractivity (Wildman–Crippen MR) is 102 cm³/mol. The maximum atomic E-state index is 4.74. The number of benzene rings is 1. The van der Waals surface area contributed by atoms with Crippen LogP contribution in [-0.4, -0.2) is 29.7 Å². The number of hydrogen-bond donors (Lipinski definition) is 1. The average Bonchev–Trinajstić information content (AvgIpc) is 3.40. The third-order valence-corrected chi connectivity index (χ3v) is 5.15. The molecule has 0 amide bonds. The van der Waals surface area contributed by atoms with Gasteiger partial charge in [-0.15, -0.1) is 11.3 Å². The van der Waals surface area contributed by atoms with Crippen LogP contribution in [-0.2, 0) is 6.54 Å². The van der Waals surface area contributed by atoms with Gasteiger partial charge in [-0.25, -0.2) is 14.6 Å². The molecule has 0 atom stereocenters. The summed E-state index contributed by atoms with van der Waals surface area (Å²) in [6.07, 6.45) is 7.28. The molecular formula is C19H14N6S. The van der Waals surface area contributed by atoms with Crippen molar-refractivity contribution in [3.05, 3.63) is 72.8 Å². The molecular weight excluding hydrogens is 344 g/mol. The van der Waals surface area contributed by atoms with Gasteiger partial charge in [0.2, 0.25) is 0 Å². The first-order chi connectivity index (χ1) is 12.9. The lowest BCUT2D eigenvalue weighted by atomic mass is 10.2. The standard InChI is InChI=1S/C19H14N6S/c1-2-6-14(7-3-1)19-21-11-16(26-19)17-23-15-10-22-25(18(15)24-17)12-13-5-4-8-20-9-13/h1-11H,12H2,(H,23,24). The summed E-state index contributed by atoms with van der Waals surface area (Å²) in [5, 5.41) is 5.41. The number of thiazole rings is 1. The third-order valence-electron chi connectivity index (χ3n) is 4.10. The Bertz CT molecular complexity index is 1160. The van der Waals surface area contributed by atoms with Crippen molar-refractivity contribution < 1.29 is 0 Å². The van der Waals surface area contributed by atoms with Gasteiger partial charge in [-0.05, 0) is 11.6 Å². The summed E-state index contributed by atoms with van der Waals surface area (Å²) in [7, 11) is 0. The molecule has 26 heavy (non-hydrogen) atoms. The van der Waals surface area contributed by atoms with E-state index in [9.17, 15) is 0 Å². The SMILES string of the molecule is c1ccc(-c2ncc(-c3nc4c(cnn4Cc4cccnc4)[nH]3)s2)cc1. The van der Waals surface area contributed by atoms with Crippen LogP contribution in [0.2, 0.25) is 0 Å². The molecule has 1 aromatic carbocycles. The molecule has 126 valence electrons. The van der Waals surface area contributed by atoms with Gasteiger partial charge in [-0.1, -0.05) is 36.4 Å². The molecule has 7 heteroatoms. The number of aromatic amines is 1. The minimum absolute atomic E-state index is 0.638. The highest BCUT2D eigenvalue weighted by Crippen LogP contribution is 2.31. The van der Waals surface area contributed by atoms with Gasteiger partial charge in [0.25, 0.3) is 0 Å². The molecule has 5 rings (SSSR count). The molecule has 0 spiro atoms. The molecule has 0 bridgehead atoms. The van der Waals surface area contributed by atoms with E-state index in [0.717, 1.165) is 38.0 Å². The van der Waals surface area contributed by atoms with Gasteiger partial charge in [0.1, 0.15) is 10.5 Å². The minimum Gasteiger partial charge on any atom is -0.335 e. The van der Waals surface area contributed by atoms with Gasteiger partial charge in [0.15, 0.2) is 11.5 Å². The van der Waals surface area contributed by atoms with Crippen molar-refractivity contribution in [1.29, 1.82) is 0 Å². The van der Waals surface area contributed by atoms with Crippen molar-refractivity contribution in [3.8, 4) is 21.3 Å². The van der Waals surface area contributed by atoms with Crippen molar-refractivity contribution in [2.24, 2.45) is 0 Å². The Balaban J connectivity index is 1.48. The van der Waals surface area contributed by atoms with E-state index in [0.29, 0.717) is 6.54 Å². The summed E-state index contributed by atoms with van der Waals surface area (Å²) in [5.74, 6) is 0.817. The minimum atomic E-state index is 0.638. The van der Waals surface area contributed by atoms with Crippen molar-refractivity contribution in [2.45, 2.75) is 6.54 Å². The number of hydrogen-bond acceptors (Lipinski definition) is 5. The Morgan fingerprint density at radius 1 is 1.00 bits per heavy atom. The number of rotatable bonds is 4. The van der Waals surface area contributed by atoms with Gasteiger partial charge >= 0.3 is 0 Å². The Morgan fingerprint density at radius 3 is 2.77 bits per heavy atom. The smallest absolute Gasteiger partial charge is 0.177 e. The molecule has 0 unspecified atom stereocenters. The summed E-state index contributed by atoms with van der Waals surface area (Å²) in [6, 6.07) is 14.1. The normalized spacial score (nSPS) is 11.2. The fourth-order valence-corrected chi connectivity index (χ4v) is 3.71. The molecule has 6 nitrogen and oxygen atoms in total. The lowest BCUT2D eigenvalue weighted by Crippen LogP contribution is -2.02. The number of imidazole rings is 1. The summed E-state index contributed by atoms with van der Waals surface area (Å²) < 4.78 is 1.88. The molecule has 4 aromatic heterocycles. The molecule has 0 saturated carbocycles. The van der Waals surface area contributed by atoms with Crippen LogP contribution >= 0.6 is 11.3 Å². The molecule has 0 aliphatic rings. The summed E-state index contributed by atoms with van der Waals surface area (Å²) in [4.78, 5) is 17.8. The summed E-state index contributed by atoms with van der Waals surface area (Å²) >= 11 is 1.62. The van der Waals surface area contributed by atoms with Crippen molar-refractivity contribution in [2.75, 3.05) is 0 Å². The van der Waals surface area contributed by atoms with E-state index < -0.39 is 0 Å². The van der Waals surface area contributed by atoms with Crippen LogP contribution in [0.15, 0.2) is 67.3 Å². The molecule has 0 fully saturated rings. The predicted octanol–water partition coefficient (Wildman–Crippen LogP) is 3.99. The fourth-order valence-electron chi connectivity index (χ4n) is 2.84. The summed E-state index contributed by atoms with van der Waals surface area (Å²) in [6.45, 7) is 0.638. The first kappa shape index (κ1) is 15.0. The van der Waals surface area contributed by atoms with Crippen LogP contribution in [0.4, 0.5) is 0 Å². The molecule has 0 aliphatic heterocycles. The van der Waals surface area contributed by atoms with E-state index in [1.165, 1.54) is 0 Å². The highest BCUT2D eigenvalue weighted by Gasteiger charge is 2.14. The lowest BCUT2D eigenvalue weighted by molar-refractivity contribution is 0.702. The number of nitrogens with one attached hydrogen (secondary N) is 1. The van der Waals surface area contributed by atoms with Gasteiger partial charge in [0.05, 0.1) is 17.6 Å². The Morgan fingerprint density at radius 2 is 1.92 bits per heavy atom. The molecule has 0 saturated heterocycles. The molecule has 0 aliphatic carbocycles. The third kappa shape index (κ3) is 2.68. The van der Waals surface area contributed by atoms with Crippen molar-refractivity contribution in [3.63, 3.8) is 0 Å². The second kappa shape index (κ2) is 6.20. The zero-order chi connectivity index (χ0) is 17.3. The van der Waals surface area contributed by atoms with Crippen LogP contribution in [0.3, 0.4) is 0 Å². The molecule has 5 aromatic rings. The maximum absolute atomic E-state index is 4.74. The topological polar surface area (TPSA) is 72.3 Å². The summed E-state index contributed by atoms with van der Waals surface area (Å²) in [5.41, 5.74) is 3.95. The van der Waals surface area contributed by atoms with Gasteiger partial charge < -0.3 is 4.98 Å². The van der Waals surface area contributed by atoms with Gasteiger partial charge in [-0.3, -0.25) is 4.98 Å². The number of nitrogens with zero attached hydrogens (tertiary/aromatic N) is 5. The zero-order valence-corrected chi connectivity index (χ0v) is 14.5. The van der Waals surface area contributed by atoms with E-state index in [1.807, 2.05) is 47.4 Å². The van der Waals surface area contributed by atoms with E-state index in [-0.39, 0.29) is 0 Å². The van der Waals surface area contributed by atoms with Crippen LogP contribution in [0.1, 0.15) is 5.56 Å². The highest BCUT2D eigenvalue weighted by molar-refractivity contribution is 7.18.